The van der Waals surface area contributed by atoms with Gasteiger partial charge in [0.05, 0.1) is 26.5 Å². The van der Waals surface area contributed by atoms with E-state index in [-0.39, 0.29) is 18.2 Å². The zero-order chi connectivity index (χ0) is 26.9. The molecular weight excluding hydrogens is 502 g/mol. The molecule has 1 aliphatic heterocycles. The summed E-state index contributed by atoms with van der Waals surface area (Å²) in [5.74, 6) is 1.57. The van der Waals surface area contributed by atoms with Gasteiger partial charge >= 0.3 is 0 Å². The van der Waals surface area contributed by atoms with E-state index in [9.17, 15) is 9.59 Å². The smallest absolute Gasteiger partial charge is 0.242 e. The molecule has 0 bridgehead atoms. The standard InChI is InChI=1S/C29H31N3O5S/c1-4-37-23-12-8-11-22(18-23)30-27(33)19-26-28(34)32(29(38-26)31-21-9-6-5-7-10-21)16-15-20-13-14-24(35-2)25(17-20)36-3/h5-14,17-18,26H,4,15-16,19H2,1-3H3,(H,30,33)/t26-/m1/s1. The number of carbonyl (C=O) groups is 2. The van der Waals surface area contributed by atoms with E-state index in [1.807, 2.05) is 67.6 Å². The maximum atomic E-state index is 13.5. The van der Waals surface area contributed by atoms with Gasteiger partial charge in [-0.1, -0.05) is 42.1 Å². The minimum absolute atomic E-state index is 0.0308. The van der Waals surface area contributed by atoms with Crippen LogP contribution in [-0.2, 0) is 16.0 Å². The van der Waals surface area contributed by atoms with Gasteiger partial charge in [0, 0.05) is 24.7 Å². The van der Waals surface area contributed by atoms with Crippen molar-refractivity contribution in [2.45, 2.75) is 25.0 Å². The molecule has 1 N–H and O–H groups in total. The van der Waals surface area contributed by atoms with Gasteiger partial charge in [0.15, 0.2) is 16.7 Å². The van der Waals surface area contributed by atoms with E-state index in [1.165, 1.54) is 11.8 Å². The molecule has 1 atom stereocenters. The van der Waals surface area contributed by atoms with Crippen LogP contribution in [0.2, 0.25) is 0 Å². The highest BCUT2D eigenvalue weighted by molar-refractivity contribution is 8.15. The van der Waals surface area contributed by atoms with E-state index in [0.29, 0.717) is 47.7 Å². The molecule has 4 rings (SSSR count). The molecule has 2 amide bonds. The number of amidine groups is 1. The lowest BCUT2D eigenvalue weighted by atomic mass is 10.1. The van der Waals surface area contributed by atoms with Crippen molar-refractivity contribution < 1.29 is 23.8 Å². The van der Waals surface area contributed by atoms with Crippen molar-refractivity contribution in [2.75, 3.05) is 32.7 Å². The number of methoxy groups -OCH3 is 2. The van der Waals surface area contributed by atoms with Crippen LogP contribution in [0.15, 0.2) is 77.8 Å². The monoisotopic (exact) mass is 533 g/mol. The fraction of sp³-hybridized carbons (Fsp3) is 0.276. The third-order valence-electron chi connectivity index (χ3n) is 5.87. The zero-order valence-electron chi connectivity index (χ0n) is 21.7. The van der Waals surface area contributed by atoms with Crippen LogP contribution in [0.3, 0.4) is 0 Å². The lowest BCUT2D eigenvalue weighted by Gasteiger charge is -2.17. The van der Waals surface area contributed by atoms with Crippen LogP contribution in [0.25, 0.3) is 0 Å². The third kappa shape index (κ3) is 6.86. The van der Waals surface area contributed by atoms with Gasteiger partial charge in [0.2, 0.25) is 11.8 Å². The van der Waals surface area contributed by atoms with Crippen LogP contribution in [0.5, 0.6) is 17.2 Å². The van der Waals surface area contributed by atoms with Crippen molar-refractivity contribution in [3.8, 4) is 17.2 Å². The largest absolute Gasteiger partial charge is 0.494 e. The van der Waals surface area contributed by atoms with Gasteiger partial charge in [-0.25, -0.2) is 4.99 Å². The Bertz CT molecular complexity index is 1300. The topological polar surface area (TPSA) is 89.5 Å². The summed E-state index contributed by atoms with van der Waals surface area (Å²) in [5, 5.41) is 2.89. The molecule has 1 saturated heterocycles. The van der Waals surface area contributed by atoms with E-state index in [0.717, 1.165) is 11.3 Å². The second-order valence-corrected chi connectivity index (χ2v) is 9.65. The van der Waals surface area contributed by atoms with E-state index in [1.54, 1.807) is 31.3 Å². The van der Waals surface area contributed by atoms with Gasteiger partial charge < -0.3 is 19.5 Å². The van der Waals surface area contributed by atoms with Crippen LogP contribution in [0, 0.1) is 0 Å². The minimum atomic E-state index is -0.571. The summed E-state index contributed by atoms with van der Waals surface area (Å²) in [6.45, 7) is 2.86. The zero-order valence-corrected chi connectivity index (χ0v) is 22.5. The van der Waals surface area contributed by atoms with Gasteiger partial charge in [-0.15, -0.1) is 0 Å². The number of hydrogen-bond donors (Lipinski definition) is 1. The summed E-state index contributed by atoms with van der Waals surface area (Å²) in [7, 11) is 3.19. The van der Waals surface area contributed by atoms with E-state index in [4.69, 9.17) is 19.2 Å². The molecule has 1 heterocycles. The van der Waals surface area contributed by atoms with Crippen molar-refractivity contribution in [1.29, 1.82) is 0 Å². The van der Waals surface area contributed by atoms with Crippen LogP contribution >= 0.6 is 11.8 Å². The molecule has 1 aliphatic rings. The number of thioether (sulfide) groups is 1. The second-order valence-electron chi connectivity index (χ2n) is 8.48. The Balaban J connectivity index is 1.48. The van der Waals surface area contributed by atoms with Gasteiger partial charge in [0.25, 0.3) is 0 Å². The van der Waals surface area contributed by atoms with Crippen molar-refractivity contribution in [3.05, 3.63) is 78.4 Å². The molecule has 38 heavy (non-hydrogen) atoms. The average Bonchev–Trinajstić information content (AvgIpc) is 3.21. The van der Waals surface area contributed by atoms with Crippen LogP contribution in [0.4, 0.5) is 11.4 Å². The molecule has 0 radical (unpaired) electrons. The molecule has 0 saturated carbocycles. The molecule has 3 aromatic rings. The van der Waals surface area contributed by atoms with E-state index >= 15 is 0 Å². The normalized spacial score (nSPS) is 16.0. The Morgan fingerprint density at radius 1 is 1.00 bits per heavy atom. The van der Waals surface area contributed by atoms with Gasteiger partial charge in [-0.2, -0.15) is 0 Å². The van der Waals surface area contributed by atoms with Gasteiger partial charge in [-0.05, 0) is 55.3 Å². The number of para-hydroxylation sites is 1. The maximum absolute atomic E-state index is 13.5. The van der Waals surface area contributed by atoms with Crippen molar-refractivity contribution in [2.24, 2.45) is 4.99 Å². The van der Waals surface area contributed by atoms with E-state index < -0.39 is 5.25 Å². The number of aliphatic imine (C=N–C) groups is 1. The third-order valence-corrected chi connectivity index (χ3v) is 7.05. The minimum Gasteiger partial charge on any atom is -0.494 e. The Kier molecular flexibility index (Phi) is 9.26. The summed E-state index contributed by atoms with van der Waals surface area (Å²) in [4.78, 5) is 32.7. The molecule has 9 heteroatoms. The number of benzene rings is 3. The number of nitrogens with zero attached hydrogens (tertiary/aromatic N) is 2. The number of ether oxygens (including phenoxy) is 3. The number of amides is 2. The Morgan fingerprint density at radius 2 is 1.79 bits per heavy atom. The number of nitrogens with one attached hydrogen (secondary N) is 1. The SMILES string of the molecule is CCOc1cccc(NC(=O)C[C@H]2SC(=Nc3ccccc3)N(CCc3ccc(OC)c(OC)c3)C2=O)c1. The first-order valence-electron chi connectivity index (χ1n) is 12.4. The lowest BCUT2D eigenvalue weighted by Crippen LogP contribution is -2.35. The maximum Gasteiger partial charge on any atom is 0.242 e. The number of carbonyl (C=O) groups excluding carboxylic acids is 2. The molecule has 0 aromatic heterocycles. The Labute approximate surface area is 227 Å². The predicted molar refractivity (Wildman–Crippen MR) is 151 cm³/mol. The molecular formula is C29H31N3O5S. The van der Waals surface area contributed by atoms with Gasteiger partial charge in [-0.3, -0.25) is 14.5 Å². The first kappa shape index (κ1) is 27.1. The van der Waals surface area contributed by atoms with Crippen molar-refractivity contribution in [1.82, 2.24) is 4.90 Å². The fourth-order valence-corrected chi connectivity index (χ4v) is 5.22. The highest BCUT2D eigenvalue weighted by Crippen LogP contribution is 2.33. The van der Waals surface area contributed by atoms with Crippen molar-refractivity contribution >= 4 is 40.1 Å². The molecule has 0 unspecified atom stereocenters. The first-order chi connectivity index (χ1) is 18.5. The van der Waals surface area contributed by atoms with E-state index in [2.05, 4.69) is 5.32 Å². The molecule has 1 fully saturated rings. The molecule has 3 aromatic carbocycles. The summed E-state index contributed by atoms with van der Waals surface area (Å²) in [6.07, 6.45) is 0.618. The van der Waals surface area contributed by atoms with Crippen molar-refractivity contribution in [3.63, 3.8) is 0 Å². The van der Waals surface area contributed by atoms with Crippen LogP contribution < -0.4 is 19.5 Å². The molecule has 0 aliphatic carbocycles. The highest BCUT2D eigenvalue weighted by atomic mass is 32.2. The molecule has 198 valence electrons. The quantitative estimate of drug-likeness (QED) is 0.360. The highest BCUT2D eigenvalue weighted by Gasteiger charge is 2.39. The van der Waals surface area contributed by atoms with Crippen LogP contribution in [0.1, 0.15) is 18.9 Å². The average molecular weight is 534 g/mol. The predicted octanol–water partition coefficient (Wildman–Crippen LogP) is 5.31. The Hall–Kier alpha value is -3.98. The fourth-order valence-electron chi connectivity index (χ4n) is 4.03. The summed E-state index contributed by atoms with van der Waals surface area (Å²) in [6, 6.07) is 22.4. The first-order valence-corrected chi connectivity index (χ1v) is 13.2. The lowest BCUT2D eigenvalue weighted by molar-refractivity contribution is -0.128. The summed E-state index contributed by atoms with van der Waals surface area (Å²) in [5.41, 5.74) is 2.37. The summed E-state index contributed by atoms with van der Waals surface area (Å²) >= 11 is 1.32. The number of anilines is 1. The number of hydrogen-bond acceptors (Lipinski definition) is 7. The second kappa shape index (κ2) is 13.0. The molecule has 8 nitrogen and oxygen atoms in total. The Morgan fingerprint density at radius 3 is 2.53 bits per heavy atom. The number of rotatable bonds is 11. The summed E-state index contributed by atoms with van der Waals surface area (Å²) < 4.78 is 16.2. The van der Waals surface area contributed by atoms with Crippen LogP contribution in [-0.4, -0.2) is 54.5 Å². The van der Waals surface area contributed by atoms with Gasteiger partial charge in [0.1, 0.15) is 11.0 Å². The molecule has 0 spiro atoms.